The monoisotopic (exact) mass is 368 g/mol. The standard InChI is InChI=1S/C16H18F6N2O/c1-23-9-10-2-4-24(5-3-10)14(25)11-6-12(15(17,18)19)8-13(7-11)16(20,21)22/h6-8,10,23H,2-5,9H2,1H3. The molecule has 1 N–H and O–H groups in total. The predicted molar refractivity (Wildman–Crippen MR) is 79.0 cm³/mol. The van der Waals surface area contributed by atoms with Crippen LogP contribution in [0.5, 0.6) is 0 Å². The number of hydrogen-bond donors (Lipinski definition) is 1. The van der Waals surface area contributed by atoms with Crippen molar-refractivity contribution in [3.8, 4) is 0 Å². The van der Waals surface area contributed by atoms with Crippen LogP contribution in [0.3, 0.4) is 0 Å². The number of likely N-dealkylation sites (tertiary alicyclic amines) is 1. The minimum atomic E-state index is -4.96. The van der Waals surface area contributed by atoms with Gasteiger partial charge in [0, 0.05) is 18.7 Å². The van der Waals surface area contributed by atoms with Gasteiger partial charge in [0.2, 0.25) is 0 Å². The third-order valence-electron chi connectivity index (χ3n) is 4.23. The lowest BCUT2D eigenvalue weighted by Crippen LogP contribution is -2.40. The molecule has 0 aliphatic carbocycles. The van der Waals surface area contributed by atoms with Crippen molar-refractivity contribution in [3.63, 3.8) is 0 Å². The highest BCUT2D eigenvalue weighted by molar-refractivity contribution is 5.94. The smallest absolute Gasteiger partial charge is 0.339 e. The van der Waals surface area contributed by atoms with Crippen molar-refractivity contribution in [2.24, 2.45) is 5.92 Å². The van der Waals surface area contributed by atoms with Crippen LogP contribution in [0.25, 0.3) is 0 Å². The Bertz CT molecular complexity index is 586. The third kappa shape index (κ3) is 4.87. The Hall–Kier alpha value is -1.77. The summed E-state index contributed by atoms with van der Waals surface area (Å²) in [4.78, 5) is 13.7. The van der Waals surface area contributed by atoms with E-state index >= 15 is 0 Å². The molecule has 1 heterocycles. The Morgan fingerprint density at radius 2 is 1.52 bits per heavy atom. The van der Waals surface area contributed by atoms with Gasteiger partial charge in [-0.2, -0.15) is 26.3 Å². The second-order valence-electron chi connectivity index (χ2n) is 6.09. The quantitative estimate of drug-likeness (QED) is 0.824. The van der Waals surface area contributed by atoms with E-state index in [0.717, 1.165) is 6.54 Å². The van der Waals surface area contributed by atoms with Gasteiger partial charge in [-0.15, -0.1) is 0 Å². The zero-order valence-corrected chi connectivity index (χ0v) is 13.5. The normalized spacial score (nSPS) is 17.0. The van der Waals surface area contributed by atoms with Crippen LogP contribution < -0.4 is 5.32 Å². The Morgan fingerprint density at radius 3 is 1.92 bits per heavy atom. The number of hydrogen-bond acceptors (Lipinski definition) is 2. The van der Waals surface area contributed by atoms with Gasteiger partial charge in [-0.05, 0) is 50.6 Å². The summed E-state index contributed by atoms with van der Waals surface area (Å²) in [5.41, 5.74) is -3.54. The fraction of sp³-hybridized carbons (Fsp3) is 0.562. The number of piperidine rings is 1. The summed E-state index contributed by atoms with van der Waals surface area (Å²) >= 11 is 0. The lowest BCUT2D eigenvalue weighted by molar-refractivity contribution is -0.143. The van der Waals surface area contributed by atoms with Crippen molar-refractivity contribution in [2.45, 2.75) is 25.2 Å². The first-order chi connectivity index (χ1) is 11.5. The largest absolute Gasteiger partial charge is 0.416 e. The second-order valence-corrected chi connectivity index (χ2v) is 6.09. The van der Waals surface area contributed by atoms with Crippen LogP contribution in [0.1, 0.15) is 34.3 Å². The zero-order chi connectivity index (χ0) is 18.8. The second kappa shape index (κ2) is 7.23. The number of rotatable bonds is 3. The van der Waals surface area contributed by atoms with E-state index in [-0.39, 0.29) is 6.07 Å². The number of amides is 1. The molecule has 1 aromatic carbocycles. The van der Waals surface area contributed by atoms with Crippen LogP contribution in [-0.4, -0.2) is 37.5 Å². The van der Waals surface area contributed by atoms with Crippen LogP contribution in [0.4, 0.5) is 26.3 Å². The molecule has 0 radical (unpaired) electrons. The Balaban J connectivity index is 2.27. The average molecular weight is 368 g/mol. The molecule has 0 atom stereocenters. The van der Waals surface area contributed by atoms with Crippen molar-refractivity contribution in [2.75, 3.05) is 26.7 Å². The number of alkyl halides is 6. The number of carbonyl (C=O) groups is 1. The van der Waals surface area contributed by atoms with E-state index in [2.05, 4.69) is 5.32 Å². The number of nitrogens with zero attached hydrogens (tertiary/aromatic N) is 1. The van der Waals surface area contributed by atoms with Crippen LogP contribution >= 0.6 is 0 Å². The summed E-state index contributed by atoms with van der Waals surface area (Å²) in [7, 11) is 1.79. The van der Waals surface area contributed by atoms with Gasteiger partial charge >= 0.3 is 12.4 Å². The van der Waals surface area contributed by atoms with Gasteiger partial charge in [0.1, 0.15) is 0 Å². The van der Waals surface area contributed by atoms with Crippen molar-refractivity contribution >= 4 is 5.91 Å². The molecule has 1 fully saturated rings. The summed E-state index contributed by atoms with van der Waals surface area (Å²) in [6.45, 7) is 1.37. The molecule has 3 nitrogen and oxygen atoms in total. The number of nitrogens with one attached hydrogen (secondary N) is 1. The Kier molecular flexibility index (Phi) is 5.65. The van der Waals surface area contributed by atoms with Crippen molar-refractivity contribution in [1.82, 2.24) is 10.2 Å². The summed E-state index contributed by atoms with van der Waals surface area (Å²) in [5.74, 6) is -0.471. The van der Waals surface area contributed by atoms with Gasteiger partial charge < -0.3 is 10.2 Å². The fourth-order valence-corrected chi connectivity index (χ4v) is 2.89. The maximum Gasteiger partial charge on any atom is 0.416 e. The maximum absolute atomic E-state index is 12.9. The molecule has 0 spiro atoms. The van der Waals surface area contributed by atoms with Crippen molar-refractivity contribution in [1.29, 1.82) is 0 Å². The molecule has 9 heteroatoms. The first-order valence-electron chi connectivity index (χ1n) is 7.75. The average Bonchev–Trinajstić information content (AvgIpc) is 2.53. The topological polar surface area (TPSA) is 32.3 Å². The lowest BCUT2D eigenvalue weighted by atomic mass is 9.96. The summed E-state index contributed by atoms with van der Waals surface area (Å²) in [5, 5.41) is 3.01. The van der Waals surface area contributed by atoms with E-state index in [9.17, 15) is 31.1 Å². The van der Waals surface area contributed by atoms with E-state index < -0.39 is 35.0 Å². The SMILES string of the molecule is CNCC1CCN(C(=O)c2cc(C(F)(F)F)cc(C(F)(F)F)c2)CC1. The van der Waals surface area contributed by atoms with E-state index in [0.29, 0.717) is 44.0 Å². The molecule has 0 unspecified atom stereocenters. The molecular weight excluding hydrogens is 350 g/mol. The fourth-order valence-electron chi connectivity index (χ4n) is 2.89. The van der Waals surface area contributed by atoms with Crippen LogP contribution in [0.15, 0.2) is 18.2 Å². The molecule has 1 saturated heterocycles. The number of carbonyl (C=O) groups excluding carboxylic acids is 1. The highest BCUT2D eigenvalue weighted by atomic mass is 19.4. The summed E-state index contributed by atoms with van der Waals surface area (Å²) in [6, 6.07) is 0.991. The minimum Gasteiger partial charge on any atom is -0.339 e. The van der Waals surface area contributed by atoms with Crippen LogP contribution in [0.2, 0.25) is 0 Å². The summed E-state index contributed by atoms with van der Waals surface area (Å²) < 4.78 is 77.3. The zero-order valence-electron chi connectivity index (χ0n) is 13.5. The minimum absolute atomic E-state index is 0.0237. The van der Waals surface area contributed by atoms with Gasteiger partial charge in [-0.25, -0.2) is 0 Å². The lowest BCUT2D eigenvalue weighted by Gasteiger charge is -2.32. The molecule has 1 aliphatic rings. The molecule has 25 heavy (non-hydrogen) atoms. The molecule has 0 bridgehead atoms. The first-order valence-corrected chi connectivity index (χ1v) is 7.75. The molecule has 140 valence electrons. The van der Waals surface area contributed by atoms with Crippen molar-refractivity contribution in [3.05, 3.63) is 34.9 Å². The van der Waals surface area contributed by atoms with Gasteiger partial charge in [-0.3, -0.25) is 4.79 Å². The Morgan fingerprint density at radius 1 is 1.04 bits per heavy atom. The first kappa shape index (κ1) is 19.6. The molecule has 0 aromatic heterocycles. The number of benzene rings is 1. The van der Waals surface area contributed by atoms with Crippen LogP contribution in [-0.2, 0) is 12.4 Å². The highest BCUT2D eigenvalue weighted by Crippen LogP contribution is 2.36. The van der Waals surface area contributed by atoms with Gasteiger partial charge in [0.15, 0.2) is 0 Å². The maximum atomic E-state index is 12.9. The van der Waals surface area contributed by atoms with E-state index in [1.807, 2.05) is 0 Å². The predicted octanol–water partition coefficient (Wildman–Crippen LogP) is 3.80. The highest BCUT2D eigenvalue weighted by Gasteiger charge is 2.38. The molecule has 1 amide bonds. The molecular formula is C16H18F6N2O. The van der Waals surface area contributed by atoms with E-state index in [4.69, 9.17) is 0 Å². The molecule has 1 aliphatic heterocycles. The number of halogens is 6. The van der Waals surface area contributed by atoms with Crippen molar-refractivity contribution < 1.29 is 31.1 Å². The molecule has 0 saturated carbocycles. The molecule has 2 rings (SSSR count). The van der Waals surface area contributed by atoms with E-state index in [1.54, 1.807) is 7.05 Å². The third-order valence-corrected chi connectivity index (χ3v) is 4.23. The molecule has 1 aromatic rings. The van der Waals surface area contributed by atoms with Gasteiger partial charge in [0.05, 0.1) is 11.1 Å². The Labute approximate surface area is 141 Å². The van der Waals surface area contributed by atoms with Crippen LogP contribution in [0, 0.1) is 5.92 Å². The van der Waals surface area contributed by atoms with Gasteiger partial charge in [-0.1, -0.05) is 0 Å². The van der Waals surface area contributed by atoms with E-state index in [1.165, 1.54) is 4.90 Å². The van der Waals surface area contributed by atoms with Gasteiger partial charge in [0.25, 0.3) is 5.91 Å². The summed E-state index contributed by atoms with van der Waals surface area (Å²) in [6.07, 6.45) is -8.62.